The molecule has 2 N–H and O–H groups in total. The lowest BCUT2D eigenvalue weighted by Gasteiger charge is -2.09. The Hall–Kier alpha value is -2.40. The van der Waals surface area contributed by atoms with E-state index in [-0.39, 0.29) is 16.5 Å². The zero-order chi connectivity index (χ0) is 15.6. The average Bonchev–Trinajstić information content (AvgIpc) is 2.37. The van der Waals surface area contributed by atoms with Gasteiger partial charge in [0.25, 0.3) is 5.91 Å². The Balaban J connectivity index is 2.29. The Bertz CT molecular complexity index is 729. The van der Waals surface area contributed by atoms with Gasteiger partial charge < -0.3 is 10.4 Å². The molecule has 1 heterocycles. The first-order valence-corrected chi connectivity index (χ1v) is 6.54. The monoisotopic (exact) mass is 304 g/mol. The lowest BCUT2D eigenvalue weighted by Crippen LogP contribution is -2.14. The number of amides is 1. The maximum atomic E-state index is 12.2. The van der Waals surface area contributed by atoms with Gasteiger partial charge in [-0.3, -0.25) is 9.78 Å². The van der Waals surface area contributed by atoms with Crippen molar-refractivity contribution < 1.29 is 14.7 Å². The summed E-state index contributed by atoms with van der Waals surface area (Å²) in [6.07, 6.45) is 0. The number of aromatic carboxylic acids is 1. The van der Waals surface area contributed by atoms with Gasteiger partial charge in [0.2, 0.25) is 0 Å². The minimum atomic E-state index is -1.11. The van der Waals surface area contributed by atoms with E-state index in [0.29, 0.717) is 16.9 Å². The van der Waals surface area contributed by atoms with E-state index in [9.17, 15) is 9.59 Å². The fourth-order valence-corrected chi connectivity index (χ4v) is 2.15. The molecule has 1 aromatic heterocycles. The molecule has 0 unspecified atom stereocenters. The van der Waals surface area contributed by atoms with Gasteiger partial charge in [-0.25, -0.2) is 4.79 Å². The number of nitrogens with zero attached hydrogens (tertiary/aromatic N) is 1. The van der Waals surface area contributed by atoms with E-state index in [1.807, 2.05) is 6.92 Å². The molecule has 0 atom stereocenters. The molecule has 5 nitrogen and oxygen atoms in total. The Morgan fingerprint density at radius 3 is 2.52 bits per heavy atom. The van der Waals surface area contributed by atoms with Crippen LogP contribution in [0.4, 0.5) is 5.69 Å². The first-order chi connectivity index (χ1) is 9.86. The van der Waals surface area contributed by atoms with Crippen molar-refractivity contribution in [3.8, 4) is 0 Å². The normalized spacial score (nSPS) is 10.2. The smallest absolute Gasteiger partial charge is 0.335 e. The maximum Gasteiger partial charge on any atom is 0.335 e. The molecular formula is C15H13ClN2O3. The summed E-state index contributed by atoms with van der Waals surface area (Å²) < 4.78 is 0. The second-order valence-electron chi connectivity index (χ2n) is 4.57. The van der Waals surface area contributed by atoms with Gasteiger partial charge in [-0.2, -0.15) is 0 Å². The molecule has 108 valence electrons. The summed E-state index contributed by atoms with van der Waals surface area (Å²) in [5.74, 6) is -1.47. The number of anilines is 1. The lowest BCUT2D eigenvalue weighted by molar-refractivity contribution is 0.0696. The summed E-state index contributed by atoms with van der Waals surface area (Å²) in [4.78, 5) is 27.4. The largest absolute Gasteiger partial charge is 0.478 e. The number of carboxylic acid groups (broad SMARTS) is 1. The van der Waals surface area contributed by atoms with Crippen molar-refractivity contribution in [3.63, 3.8) is 0 Å². The van der Waals surface area contributed by atoms with Crippen molar-refractivity contribution in [2.75, 3.05) is 5.32 Å². The number of hydrogen-bond acceptors (Lipinski definition) is 3. The van der Waals surface area contributed by atoms with Gasteiger partial charge in [0, 0.05) is 16.4 Å². The molecule has 0 aliphatic rings. The molecule has 6 heteroatoms. The van der Waals surface area contributed by atoms with E-state index in [2.05, 4.69) is 10.3 Å². The second kappa shape index (κ2) is 5.93. The molecule has 0 radical (unpaired) electrons. The predicted octanol–water partition coefficient (Wildman–Crippen LogP) is 3.30. The minimum absolute atomic E-state index is 0.0107. The molecule has 2 rings (SSSR count). The van der Waals surface area contributed by atoms with Gasteiger partial charge in [-0.15, -0.1) is 0 Å². The van der Waals surface area contributed by atoms with E-state index < -0.39 is 5.97 Å². The van der Waals surface area contributed by atoms with Crippen LogP contribution in [-0.4, -0.2) is 22.0 Å². The highest BCUT2D eigenvalue weighted by molar-refractivity contribution is 6.31. The maximum absolute atomic E-state index is 12.2. The fourth-order valence-electron chi connectivity index (χ4n) is 1.91. The number of carbonyl (C=O) groups is 2. The van der Waals surface area contributed by atoms with Crippen molar-refractivity contribution in [1.29, 1.82) is 0 Å². The number of benzene rings is 1. The molecule has 1 amide bonds. The third-order valence-electron chi connectivity index (χ3n) is 2.87. The van der Waals surface area contributed by atoms with E-state index in [4.69, 9.17) is 16.7 Å². The zero-order valence-electron chi connectivity index (χ0n) is 11.5. The highest BCUT2D eigenvalue weighted by atomic mass is 35.5. The van der Waals surface area contributed by atoms with Crippen LogP contribution < -0.4 is 5.32 Å². The summed E-state index contributed by atoms with van der Waals surface area (Å²) in [7, 11) is 0. The topological polar surface area (TPSA) is 79.3 Å². The Kier molecular flexibility index (Phi) is 4.23. The molecular weight excluding hydrogens is 292 g/mol. The van der Waals surface area contributed by atoms with E-state index in [0.717, 1.165) is 5.69 Å². The molecule has 0 spiro atoms. The number of halogens is 1. The molecule has 0 bridgehead atoms. The Labute approximate surface area is 126 Å². The van der Waals surface area contributed by atoms with Gasteiger partial charge in [0.1, 0.15) is 0 Å². The number of carboxylic acids is 1. The van der Waals surface area contributed by atoms with Crippen molar-refractivity contribution >= 4 is 29.2 Å². The van der Waals surface area contributed by atoms with Crippen LogP contribution in [0.3, 0.4) is 0 Å². The number of carbonyl (C=O) groups excluding carboxylic acids is 1. The Morgan fingerprint density at radius 2 is 1.90 bits per heavy atom. The van der Waals surface area contributed by atoms with Crippen molar-refractivity contribution in [2.24, 2.45) is 0 Å². The first kappa shape index (κ1) is 15.0. The lowest BCUT2D eigenvalue weighted by atomic mass is 10.1. The van der Waals surface area contributed by atoms with Crippen LogP contribution in [0, 0.1) is 13.8 Å². The third kappa shape index (κ3) is 3.58. The number of nitrogens with one attached hydrogen (secondary N) is 1. The van der Waals surface area contributed by atoms with Crippen LogP contribution in [0.1, 0.15) is 32.1 Å². The molecule has 2 aromatic rings. The van der Waals surface area contributed by atoms with E-state index in [1.54, 1.807) is 19.1 Å². The van der Waals surface area contributed by atoms with Gasteiger partial charge >= 0.3 is 5.97 Å². The van der Waals surface area contributed by atoms with Crippen molar-refractivity contribution in [2.45, 2.75) is 13.8 Å². The van der Waals surface area contributed by atoms with Crippen LogP contribution in [0.2, 0.25) is 5.02 Å². The van der Waals surface area contributed by atoms with Gasteiger partial charge in [0.15, 0.2) is 0 Å². The number of rotatable bonds is 3. The molecule has 0 fully saturated rings. The predicted molar refractivity (Wildman–Crippen MR) is 80.1 cm³/mol. The standard InChI is InChI=1S/C15H13ClN2O3/c1-8-3-4-13(9(2)17-8)14(19)18-12-6-10(15(20)21)5-11(16)7-12/h3-7H,1-2H3,(H,18,19)(H,20,21). The second-order valence-corrected chi connectivity index (χ2v) is 5.01. The van der Waals surface area contributed by atoms with Crippen molar-refractivity contribution in [1.82, 2.24) is 4.98 Å². The number of pyridine rings is 1. The SMILES string of the molecule is Cc1ccc(C(=O)Nc2cc(Cl)cc(C(=O)O)c2)c(C)n1. The number of aryl methyl sites for hydroxylation is 2. The van der Waals surface area contributed by atoms with Gasteiger partial charge in [0.05, 0.1) is 16.8 Å². The van der Waals surface area contributed by atoms with E-state index >= 15 is 0 Å². The highest BCUT2D eigenvalue weighted by Gasteiger charge is 2.12. The minimum Gasteiger partial charge on any atom is -0.478 e. The third-order valence-corrected chi connectivity index (χ3v) is 3.09. The summed E-state index contributed by atoms with van der Waals surface area (Å²) in [5.41, 5.74) is 2.19. The summed E-state index contributed by atoms with van der Waals surface area (Å²) in [6, 6.07) is 7.57. The van der Waals surface area contributed by atoms with Gasteiger partial charge in [-0.1, -0.05) is 11.6 Å². The fraction of sp³-hybridized carbons (Fsp3) is 0.133. The molecule has 0 saturated carbocycles. The molecule has 0 saturated heterocycles. The Morgan fingerprint density at radius 1 is 1.19 bits per heavy atom. The number of hydrogen-bond donors (Lipinski definition) is 2. The number of aromatic nitrogens is 1. The summed E-state index contributed by atoms with van der Waals surface area (Å²) >= 11 is 5.85. The van der Waals surface area contributed by atoms with Crippen LogP contribution in [0.15, 0.2) is 30.3 Å². The molecule has 0 aliphatic carbocycles. The van der Waals surface area contributed by atoms with Gasteiger partial charge in [-0.05, 0) is 44.2 Å². The van der Waals surface area contributed by atoms with Crippen molar-refractivity contribution in [3.05, 3.63) is 57.9 Å². The quantitative estimate of drug-likeness (QED) is 0.912. The average molecular weight is 305 g/mol. The van der Waals surface area contributed by atoms with Crippen LogP contribution in [-0.2, 0) is 0 Å². The van der Waals surface area contributed by atoms with Crippen LogP contribution >= 0.6 is 11.6 Å². The van der Waals surface area contributed by atoms with Crippen LogP contribution in [0.25, 0.3) is 0 Å². The van der Waals surface area contributed by atoms with Crippen LogP contribution in [0.5, 0.6) is 0 Å². The first-order valence-electron chi connectivity index (χ1n) is 6.16. The zero-order valence-corrected chi connectivity index (χ0v) is 12.2. The highest BCUT2D eigenvalue weighted by Crippen LogP contribution is 2.20. The summed E-state index contributed by atoms with van der Waals surface area (Å²) in [6.45, 7) is 3.58. The molecule has 21 heavy (non-hydrogen) atoms. The summed E-state index contributed by atoms with van der Waals surface area (Å²) in [5, 5.41) is 11.8. The van der Waals surface area contributed by atoms with E-state index in [1.165, 1.54) is 18.2 Å². The molecule has 1 aromatic carbocycles. The molecule has 0 aliphatic heterocycles.